The number of tetrazole rings is 1. The van der Waals surface area contributed by atoms with Crippen LogP contribution in [0.2, 0.25) is 0 Å². The Bertz CT molecular complexity index is 277. The largest absolute Gasteiger partial charge is 0.276 e. The van der Waals surface area contributed by atoms with Gasteiger partial charge in [0.05, 0.1) is 0 Å². The molecular weight excluding hydrogens is 172 g/mol. The topological polar surface area (TPSA) is 75.9 Å². The molecule has 1 N–H and O–H groups in total. The zero-order valence-electron chi connectivity index (χ0n) is 7.05. The second kappa shape index (κ2) is 3.48. The van der Waals surface area contributed by atoms with Gasteiger partial charge in [0.25, 0.3) is 5.91 Å². The van der Waals surface area contributed by atoms with E-state index in [0.717, 1.165) is 19.5 Å². The number of rotatable bonds is 2. The van der Waals surface area contributed by atoms with Gasteiger partial charge in [-0.1, -0.05) is 0 Å². The van der Waals surface area contributed by atoms with E-state index in [1.54, 1.807) is 5.01 Å². The number of nitrogens with zero attached hydrogens (tertiary/aromatic N) is 5. The second-order valence-corrected chi connectivity index (χ2v) is 2.81. The number of hydrogen-bond acceptors (Lipinski definition) is 5. The van der Waals surface area contributed by atoms with E-state index in [4.69, 9.17) is 0 Å². The van der Waals surface area contributed by atoms with Gasteiger partial charge in [0, 0.05) is 13.1 Å². The molecule has 0 spiro atoms. The van der Waals surface area contributed by atoms with Gasteiger partial charge in [-0.15, -0.1) is 5.10 Å². The lowest BCUT2D eigenvalue weighted by atomic mass is 10.4. The van der Waals surface area contributed by atoms with Crippen LogP contribution in [0.15, 0.2) is 6.33 Å². The molecule has 2 heterocycles. The predicted octanol–water partition coefficient (Wildman–Crippen LogP) is -1.59. The molecule has 0 saturated carbocycles. The number of carbonyl (C=O) groups excluding carboxylic acids is 1. The van der Waals surface area contributed by atoms with Crippen molar-refractivity contribution < 1.29 is 4.79 Å². The molecule has 7 nitrogen and oxygen atoms in total. The highest BCUT2D eigenvalue weighted by atomic mass is 16.2. The van der Waals surface area contributed by atoms with Crippen LogP contribution in [0.5, 0.6) is 0 Å². The molecule has 1 saturated heterocycles. The number of hydrogen-bond donors (Lipinski definition) is 1. The molecule has 7 heteroatoms. The molecule has 0 aromatic carbocycles. The molecule has 1 aromatic heterocycles. The molecule has 0 aliphatic carbocycles. The number of aromatic nitrogens is 4. The molecule has 0 radical (unpaired) electrons. The fraction of sp³-hybridized carbons (Fsp3) is 0.667. The summed E-state index contributed by atoms with van der Waals surface area (Å²) in [7, 11) is 0. The Kier molecular flexibility index (Phi) is 2.17. The number of carbonyl (C=O) groups is 1. The highest BCUT2D eigenvalue weighted by molar-refractivity contribution is 5.75. The third-order valence-electron chi connectivity index (χ3n) is 1.85. The lowest BCUT2D eigenvalue weighted by molar-refractivity contribution is -0.133. The summed E-state index contributed by atoms with van der Waals surface area (Å²) in [5.41, 5.74) is 2.97. The normalized spacial score (nSPS) is 16.5. The first kappa shape index (κ1) is 8.11. The first-order valence-electron chi connectivity index (χ1n) is 4.11. The van der Waals surface area contributed by atoms with Crippen LogP contribution in [0.25, 0.3) is 0 Å². The van der Waals surface area contributed by atoms with Gasteiger partial charge < -0.3 is 0 Å². The summed E-state index contributed by atoms with van der Waals surface area (Å²) in [5, 5.41) is 12.1. The summed E-state index contributed by atoms with van der Waals surface area (Å²) < 4.78 is 1.41. The van der Waals surface area contributed by atoms with Crippen LogP contribution in [0.1, 0.15) is 6.42 Å². The molecule has 1 amide bonds. The van der Waals surface area contributed by atoms with Gasteiger partial charge in [-0.05, 0) is 16.8 Å². The van der Waals surface area contributed by atoms with Crippen molar-refractivity contribution in [3.8, 4) is 0 Å². The molecule has 0 unspecified atom stereocenters. The van der Waals surface area contributed by atoms with Crippen molar-refractivity contribution in [2.45, 2.75) is 13.0 Å². The maximum atomic E-state index is 11.5. The Morgan fingerprint density at radius 2 is 2.54 bits per heavy atom. The van der Waals surface area contributed by atoms with E-state index in [2.05, 4.69) is 21.0 Å². The van der Waals surface area contributed by atoms with Crippen molar-refractivity contribution in [2.75, 3.05) is 13.1 Å². The molecule has 1 aliphatic rings. The highest BCUT2D eigenvalue weighted by Crippen LogP contribution is 1.97. The quantitative estimate of drug-likeness (QED) is 0.596. The van der Waals surface area contributed by atoms with Crippen LogP contribution >= 0.6 is 0 Å². The van der Waals surface area contributed by atoms with E-state index >= 15 is 0 Å². The third-order valence-corrected chi connectivity index (χ3v) is 1.85. The lowest BCUT2D eigenvalue weighted by Gasteiger charge is -2.14. The van der Waals surface area contributed by atoms with Crippen LogP contribution in [0.3, 0.4) is 0 Å². The van der Waals surface area contributed by atoms with Gasteiger partial charge in [-0.2, -0.15) is 0 Å². The van der Waals surface area contributed by atoms with Crippen LogP contribution in [-0.2, 0) is 11.3 Å². The summed E-state index contributed by atoms with van der Waals surface area (Å²) in [6.07, 6.45) is 2.43. The molecule has 1 aromatic rings. The molecule has 1 aliphatic heterocycles. The van der Waals surface area contributed by atoms with E-state index in [-0.39, 0.29) is 12.5 Å². The van der Waals surface area contributed by atoms with E-state index in [0.29, 0.717) is 0 Å². The Morgan fingerprint density at radius 1 is 1.62 bits per heavy atom. The predicted molar refractivity (Wildman–Crippen MR) is 42.1 cm³/mol. The minimum absolute atomic E-state index is 0.00944. The van der Waals surface area contributed by atoms with Crippen molar-refractivity contribution in [3.63, 3.8) is 0 Å². The van der Waals surface area contributed by atoms with Gasteiger partial charge >= 0.3 is 0 Å². The maximum Gasteiger partial charge on any atom is 0.258 e. The smallest absolute Gasteiger partial charge is 0.258 e. The summed E-state index contributed by atoms with van der Waals surface area (Å²) in [6.45, 7) is 1.82. The van der Waals surface area contributed by atoms with Gasteiger partial charge in [-0.25, -0.2) is 10.1 Å². The first-order chi connectivity index (χ1) is 6.36. The minimum Gasteiger partial charge on any atom is -0.276 e. The van der Waals surface area contributed by atoms with Gasteiger partial charge in [-0.3, -0.25) is 9.80 Å². The maximum absolute atomic E-state index is 11.5. The van der Waals surface area contributed by atoms with E-state index in [9.17, 15) is 4.79 Å². The van der Waals surface area contributed by atoms with Gasteiger partial charge in [0.2, 0.25) is 0 Å². The van der Waals surface area contributed by atoms with Crippen LogP contribution in [0.4, 0.5) is 0 Å². The fourth-order valence-electron chi connectivity index (χ4n) is 1.22. The Labute approximate surface area is 74.7 Å². The Morgan fingerprint density at radius 3 is 3.15 bits per heavy atom. The van der Waals surface area contributed by atoms with Crippen molar-refractivity contribution in [1.82, 2.24) is 30.6 Å². The summed E-state index contributed by atoms with van der Waals surface area (Å²) in [5.74, 6) is -0.00944. The first-order valence-corrected chi connectivity index (χ1v) is 4.11. The third kappa shape index (κ3) is 1.81. The lowest BCUT2D eigenvalue weighted by Crippen LogP contribution is -2.39. The average molecular weight is 182 g/mol. The fourth-order valence-corrected chi connectivity index (χ4v) is 1.22. The molecule has 2 rings (SSSR count). The van der Waals surface area contributed by atoms with Crippen LogP contribution in [0, 0.1) is 0 Å². The minimum atomic E-state index is -0.00944. The summed E-state index contributed by atoms with van der Waals surface area (Å²) in [6, 6.07) is 0. The zero-order valence-corrected chi connectivity index (χ0v) is 7.05. The standard InChI is InChI=1S/C6H10N6O/c13-6(12-3-1-2-8-12)4-11-5-7-9-10-11/h5,8H,1-4H2. The molecule has 0 bridgehead atoms. The van der Waals surface area contributed by atoms with E-state index in [1.165, 1.54) is 11.0 Å². The number of nitrogens with one attached hydrogen (secondary N) is 1. The Hall–Kier alpha value is -1.50. The SMILES string of the molecule is O=C(Cn1cnnn1)N1CCCN1. The van der Waals surface area contributed by atoms with Crippen molar-refractivity contribution in [1.29, 1.82) is 0 Å². The second-order valence-electron chi connectivity index (χ2n) is 2.81. The zero-order chi connectivity index (χ0) is 9.10. The van der Waals surface area contributed by atoms with Crippen molar-refractivity contribution in [3.05, 3.63) is 6.33 Å². The Balaban J connectivity index is 1.91. The number of hydrazine groups is 1. The van der Waals surface area contributed by atoms with E-state index in [1.807, 2.05) is 0 Å². The van der Waals surface area contributed by atoms with Crippen LogP contribution < -0.4 is 5.43 Å². The van der Waals surface area contributed by atoms with Crippen molar-refractivity contribution >= 4 is 5.91 Å². The average Bonchev–Trinajstić information content (AvgIpc) is 2.74. The highest BCUT2D eigenvalue weighted by Gasteiger charge is 2.17. The molecule has 1 fully saturated rings. The van der Waals surface area contributed by atoms with Gasteiger partial charge in [0.1, 0.15) is 12.9 Å². The number of amides is 1. The van der Waals surface area contributed by atoms with E-state index < -0.39 is 0 Å². The molecule has 13 heavy (non-hydrogen) atoms. The molecular formula is C6H10N6O. The summed E-state index contributed by atoms with van der Waals surface area (Å²) >= 11 is 0. The molecule has 70 valence electrons. The molecule has 0 atom stereocenters. The van der Waals surface area contributed by atoms with Gasteiger partial charge in [0.15, 0.2) is 0 Å². The summed E-state index contributed by atoms with van der Waals surface area (Å²) in [4.78, 5) is 11.5. The monoisotopic (exact) mass is 182 g/mol. The van der Waals surface area contributed by atoms with Crippen LogP contribution in [-0.4, -0.2) is 44.2 Å². The van der Waals surface area contributed by atoms with Crippen molar-refractivity contribution in [2.24, 2.45) is 0 Å².